The zero-order valence-electron chi connectivity index (χ0n) is 8.88. The van der Waals surface area contributed by atoms with Crippen LogP contribution in [0.1, 0.15) is 26.2 Å². The Bertz CT molecular complexity index is 184. The van der Waals surface area contributed by atoms with E-state index in [2.05, 4.69) is 17.6 Å². The van der Waals surface area contributed by atoms with Gasteiger partial charge in [-0.25, -0.2) is 0 Å². The maximum atomic E-state index is 11.6. The molecule has 14 heavy (non-hydrogen) atoms. The highest BCUT2D eigenvalue weighted by molar-refractivity contribution is 5.79. The molecule has 0 spiro atoms. The van der Waals surface area contributed by atoms with Gasteiger partial charge in [0.1, 0.15) is 0 Å². The van der Waals surface area contributed by atoms with Gasteiger partial charge in [-0.1, -0.05) is 0 Å². The molecule has 0 bridgehead atoms. The Morgan fingerprint density at radius 3 is 2.93 bits per heavy atom. The Labute approximate surface area is 85.6 Å². The summed E-state index contributed by atoms with van der Waals surface area (Å²) in [7, 11) is 0. The van der Waals surface area contributed by atoms with Crippen LogP contribution in [0.2, 0.25) is 0 Å². The van der Waals surface area contributed by atoms with Gasteiger partial charge in [-0.2, -0.15) is 0 Å². The predicted octanol–water partition coefficient (Wildman–Crippen LogP) is -0.160. The highest BCUT2D eigenvalue weighted by atomic mass is 16.1. The molecule has 2 atom stereocenters. The van der Waals surface area contributed by atoms with Crippen LogP contribution in [0.15, 0.2) is 0 Å². The summed E-state index contributed by atoms with van der Waals surface area (Å²) >= 11 is 0. The van der Waals surface area contributed by atoms with Crippen molar-refractivity contribution >= 4 is 5.91 Å². The maximum absolute atomic E-state index is 11.6. The second kappa shape index (κ2) is 5.98. The van der Waals surface area contributed by atoms with Gasteiger partial charge >= 0.3 is 0 Å². The number of nitrogens with one attached hydrogen (secondary N) is 2. The summed E-state index contributed by atoms with van der Waals surface area (Å²) in [5.74, 6) is 0.354. The monoisotopic (exact) mass is 199 g/mol. The van der Waals surface area contributed by atoms with Crippen LogP contribution in [-0.4, -0.2) is 31.6 Å². The molecule has 4 heteroatoms. The molecular weight excluding hydrogens is 178 g/mol. The van der Waals surface area contributed by atoms with E-state index >= 15 is 0 Å². The molecule has 0 radical (unpaired) electrons. The molecule has 1 heterocycles. The molecule has 0 aromatic heterocycles. The second-order valence-corrected chi connectivity index (χ2v) is 3.92. The molecule has 1 saturated heterocycles. The molecule has 1 aliphatic heterocycles. The van der Waals surface area contributed by atoms with Crippen molar-refractivity contribution in [3.05, 3.63) is 0 Å². The standard InChI is InChI=1S/C10H21N3O/c1-8-9(4-7-12-8)10(14)13-6-3-2-5-11/h8-9,12H,2-7,11H2,1H3,(H,13,14). The van der Waals surface area contributed by atoms with Crippen molar-refractivity contribution in [1.29, 1.82) is 0 Å². The Morgan fingerprint density at radius 2 is 2.36 bits per heavy atom. The first-order valence-electron chi connectivity index (χ1n) is 5.47. The van der Waals surface area contributed by atoms with Gasteiger partial charge in [0.2, 0.25) is 5.91 Å². The summed E-state index contributed by atoms with van der Waals surface area (Å²) in [6.07, 6.45) is 2.93. The number of carbonyl (C=O) groups excluding carboxylic acids is 1. The Hall–Kier alpha value is -0.610. The summed E-state index contributed by atoms with van der Waals surface area (Å²) in [4.78, 5) is 11.6. The number of nitrogens with two attached hydrogens (primary N) is 1. The predicted molar refractivity (Wildman–Crippen MR) is 56.9 cm³/mol. The minimum atomic E-state index is 0.160. The first kappa shape index (κ1) is 11.5. The fraction of sp³-hybridized carbons (Fsp3) is 0.900. The van der Waals surface area contributed by atoms with Crippen LogP contribution in [0.3, 0.4) is 0 Å². The minimum absolute atomic E-state index is 0.160. The summed E-state index contributed by atoms with van der Waals surface area (Å²) in [5.41, 5.74) is 5.37. The Morgan fingerprint density at radius 1 is 1.57 bits per heavy atom. The lowest BCUT2D eigenvalue weighted by atomic mass is 10.0. The lowest BCUT2D eigenvalue weighted by Crippen LogP contribution is -2.37. The zero-order valence-corrected chi connectivity index (χ0v) is 8.88. The van der Waals surface area contributed by atoms with Gasteiger partial charge in [-0.15, -0.1) is 0 Å². The van der Waals surface area contributed by atoms with Crippen LogP contribution in [-0.2, 0) is 4.79 Å². The Balaban J connectivity index is 2.14. The molecule has 4 N–H and O–H groups in total. The van der Waals surface area contributed by atoms with E-state index in [0.29, 0.717) is 12.6 Å². The summed E-state index contributed by atoms with van der Waals surface area (Å²) in [6, 6.07) is 0.324. The average molecular weight is 199 g/mol. The van der Waals surface area contributed by atoms with Crippen LogP contribution < -0.4 is 16.4 Å². The van der Waals surface area contributed by atoms with Crippen molar-refractivity contribution in [3.63, 3.8) is 0 Å². The van der Waals surface area contributed by atoms with Crippen LogP contribution >= 0.6 is 0 Å². The smallest absolute Gasteiger partial charge is 0.224 e. The van der Waals surface area contributed by atoms with Gasteiger partial charge < -0.3 is 16.4 Å². The summed E-state index contributed by atoms with van der Waals surface area (Å²) in [6.45, 7) is 4.50. The Kier molecular flexibility index (Phi) is 4.90. The third-order valence-electron chi connectivity index (χ3n) is 2.79. The summed E-state index contributed by atoms with van der Waals surface area (Å²) < 4.78 is 0. The third kappa shape index (κ3) is 3.27. The maximum Gasteiger partial charge on any atom is 0.224 e. The van der Waals surface area contributed by atoms with E-state index in [1.807, 2.05) is 0 Å². The zero-order chi connectivity index (χ0) is 10.4. The third-order valence-corrected chi connectivity index (χ3v) is 2.79. The normalized spacial score (nSPS) is 26.4. The minimum Gasteiger partial charge on any atom is -0.356 e. The molecule has 2 unspecified atom stereocenters. The highest BCUT2D eigenvalue weighted by Gasteiger charge is 2.28. The number of carbonyl (C=O) groups is 1. The second-order valence-electron chi connectivity index (χ2n) is 3.92. The number of hydrogen-bond donors (Lipinski definition) is 3. The fourth-order valence-corrected chi connectivity index (χ4v) is 1.83. The lowest BCUT2D eigenvalue weighted by Gasteiger charge is -2.14. The largest absolute Gasteiger partial charge is 0.356 e. The number of rotatable bonds is 5. The number of hydrogen-bond acceptors (Lipinski definition) is 3. The quantitative estimate of drug-likeness (QED) is 0.539. The van der Waals surface area contributed by atoms with Crippen LogP contribution in [0.25, 0.3) is 0 Å². The molecule has 82 valence electrons. The molecule has 4 nitrogen and oxygen atoms in total. The number of unbranched alkanes of at least 4 members (excludes halogenated alkanes) is 1. The molecule has 0 aromatic carbocycles. The van der Waals surface area contributed by atoms with E-state index in [1.165, 1.54) is 0 Å². The van der Waals surface area contributed by atoms with Crippen molar-refractivity contribution in [3.8, 4) is 0 Å². The van der Waals surface area contributed by atoms with Gasteiger partial charge in [0.05, 0.1) is 5.92 Å². The fourth-order valence-electron chi connectivity index (χ4n) is 1.83. The molecule has 1 fully saturated rings. The lowest BCUT2D eigenvalue weighted by molar-refractivity contribution is -0.125. The summed E-state index contributed by atoms with van der Waals surface area (Å²) in [5, 5.41) is 6.23. The van der Waals surface area contributed by atoms with Crippen molar-refractivity contribution in [2.75, 3.05) is 19.6 Å². The molecule has 1 amide bonds. The van der Waals surface area contributed by atoms with Crippen molar-refractivity contribution in [2.45, 2.75) is 32.2 Å². The van der Waals surface area contributed by atoms with E-state index in [9.17, 15) is 4.79 Å². The molecule has 0 aromatic rings. The van der Waals surface area contributed by atoms with Crippen molar-refractivity contribution in [2.24, 2.45) is 11.7 Å². The highest BCUT2D eigenvalue weighted by Crippen LogP contribution is 2.14. The average Bonchev–Trinajstić information content (AvgIpc) is 2.59. The molecule has 1 rings (SSSR count). The van der Waals surface area contributed by atoms with Gasteiger partial charge in [0, 0.05) is 12.6 Å². The van der Waals surface area contributed by atoms with Gasteiger partial charge in [0.15, 0.2) is 0 Å². The van der Waals surface area contributed by atoms with E-state index in [-0.39, 0.29) is 11.8 Å². The number of amides is 1. The van der Waals surface area contributed by atoms with Gasteiger partial charge in [-0.3, -0.25) is 4.79 Å². The first-order chi connectivity index (χ1) is 6.75. The van der Waals surface area contributed by atoms with Crippen LogP contribution in [0.5, 0.6) is 0 Å². The SMILES string of the molecule is CC1NCCC1C(=O)NCCCCN. The topological polar surface area (TPSA) is 67.2 Å². The van der Waals surface area contributed by atoms with E-state index in [4.69, 9.17) is 5.73 Å². The van der Waals surface area contributed by atoms with E-state index < -0.39 is 0 Å². The molecule has 1 aliphatic rings. The van der Waals surface area contributed by atoms with E-state index in [1.54, 1.807) is 0 Å². The van der Waals surface area contributed by atoms with E-state index in [0.717, 1.165) is 32.4 Å². The first-order valence-corrected chi connectivity index (χ1v) is 5.47. The van der Waals surface area contributed by atoms with Gasteiger partial charge in [-0.05, 0) is 39.3 Å². The molecule has 0 aliphatic carbocycles. The van der Waals surface area contributed by atoms with Crippen molar-refractivity contribution < 1.29 is 4.79 Å². The van der Waals surface area contributed by atoms with Crippen LogP contribution in [0, 0.1) is 5.92 Å². The van der Waals surface area contributed by atoms with Gasteiger partial charge in [0.25, 0.3) is 0 Å². The van der Waals surface area contributed by atoms with Crippen molar-refractivity contribution in [1.82, 2.24) is 10.6 Å². The molecule has 0 saturated carbocycles. The molecular formula is C10H21N3O. The van der Waals surface area contributed by atoms with Crippen LogP contribution in [0.4, 0.5) is 0 Å².